The minimum atomic E-state index is -5.08. The van der Waals surface area contributed by atoms with Crippen LogP contribution in [0.15, 0.2) is 61.1 Å². The summed E-state index contributed by atoms with van der Waals surface area (Å²) in [5, 5.41) is 21.4. The van der Waals surface area contributed by atoms with E-state index in [4.69, 9.17) is 34.7 Å². The van der Waals surface area contributed by atoms with Crippen molar-refractivity contribution in [1.82, 2.24) is 24.3 Å². The molecule has 0 amide bonds. The standard InChI is InChI=1S/C24H29N5.3C2HF3O2/c1-2-28-15-16-29-22(21-8-4-3-5-9-21)18-26-23(29)24(28)10-13-27(14-11-24)19-20-7-6-12-25-17-20;3*3-2(4,5)1(6)7/h3-9,12,17-18H,2,10-11,13-16,19H2,1H3;3*(H,6,7). The summed E-state index contributed by atoms with van der Waals surface area (Å²) in [5.74, 6) is -7.00. The highest BCUT2D eigenvalue weighted by molar-refractivity contribution is 5.73. The fourth-order valence-electron chi connectivity index (χ4n) is 5.22. The van der Waals surface area contributed by atoms with Crippen molar-refractivity contribution in [1.29, 1.82) is 0 Å². The van der Waals surface area contributed by atoms with Gasteiger partial charge in [0.05, 0.1) is 17.4 Å². The number of rotatable bonds is 4. The Balaban J connectivity index is 0.000000338. The second kappa shape index (κ2) is 17.3. The summed E-state index contributed by atoms with van der Waals surface area (Å²) < 4.78 is 97.7. The fourth-order valence-corrected chi connectivity index (χ4v) is 5.22. The van der Waals surface area contributed by atoms with E-state index in [0.29, 0.717) is 0 Å². The van der Waals surface area contributed by atoms with Crippen molar-refractivity contribution in [2.45, 2.75) is 56.9 Å². The van der Waals surface area contributed by atoms with E-state index in [9.17, 15) is 39.5 Å². The van der Waals surface area contributed by atoms with Gasteiger partial charge in [0.15, 0.2) is 0 Å². The predicted molar refractivity (Wildman–Crippen MR) is 156 cm³/mol. The van der Waals surface area contributed by atoms with E-state index in [2.05, 4.69) is 68.9 Å². The first-order valence-electron chi connectivity index (χ1n) is 14.5. The molecule has 2 aromatic heterocycles. The van der Waals surface area contributed by atoms with Gasteiger partial charge >= 0.3 is 36.4 Å². The number of imidazole rings is 1. The molecule has 0 radical (unpaired) electrons. The second-order valence-corrected chi connectivity index (χ2v) is 10.6. The molecule has 3 aromatic rings. The minimum absolute atomic E-state index is 0.0610. The maximum Gasteiger partial charge on any atom is 0.490 e. The Morgan fingerprint density at radius 3 is 1.66 bits per heavy atom. The average molecular weight is 730 g/mol. The summed E-state index contributed by atoms with van der Waals surface area (Å²) in [6.45, 7) is 8.67. The molecule has 0 atom stereocenters. The van der Waals surface area contributed by atoms with E-state index >= 15 is 0 Å². The Morgan fingerprint density at radius 1 is 0.740 bits per heavy atom. The minimum Gasteiger partial charge on any atom is -0.475 e. The lowest BCUT2D eigenvalue weighted by molar-refractivity contribution is -0.193. The molecular formula is C30H32F9N5O6. The Labute approximate surface area is 278 Å². The van der Waals surface area contributed by atoms with Gasteiger partial charge in [0.2, 0.25) is 0 Å². The summed E-state index contributed by atoms with van der Waals surface area (Å²) in [7, 11) is 0. The molecule has 4 heterocycles. The number of nitrogens with zero attached hydrogens (tertiary/aromatic N) is 5. The molecule has 3 N–H and O–H groups in total. The summed E-state index contributed by atoms with van der Waals surface area (Å²) in [4.78, 5) is 41.2. The second-order valence-electron chi connectivity index (χ2n) is 10.6. The summed E-state index contributed by atoms with van der Waals surface area (Å²) in [6.07, 6.45) is -7.06. The van der Waals surface area contributed by atoms with Gasteiger partial charge in [0.1, 0.15) is 5.82 Å². The average Bonchev–Trinajstić information content (AvgIpc) is 3.48. The van der Waals surface area contributed by atoms with Crippen molar-refractivity contribution in [3.05, 3.63) is 72.4 Å². The molecule has 1 fully saturated rings. The molecular weight excluding hydrogens is 697 g/mol. The molecule has 276 valence electrons. The molecule has 11 nitrogen and oxygen atoms in total. The number of piperidine rings is 1. The smallest absolute Gasteiger partial charge is 0.475 e. The Hall–Kier alpha value is -4.72. The predicted octanol–water partition coefficient (Wildman–Crippen LogP) is 5.67. The van der Waals surface area contributed by atoms with Crippen LogP contribution in [0.3, 0.4) is 0 Å². The van der Waals surface area contributed by atoms with Crippen LogP contribution in [-0.4, -0.2) is 102 Å². The van der Waals surface area contributed by atoms with E-state index in [1.54, 1.807) is 0 Å². The first-order chi connectivity index (χ1) is 23.1. The first-order valence-corrected chi connectivity index (χ1v) is 14.5. The number of aliphatic carboxylic acids is 3. The van der Waals surface area contributed by atoms with Crippen LogP contribution in [0, 0.1) is 0 Å². The summed E-state index contributed by atoms with van der Waals surface area (Å²) in [5.41, 5.74) is 3.88. The number of likely N-dealkylation sites (tertiary alicyclic amines) is 1. The van der Waals surface area contributed by atoms with Crippen molar-refractivity contribution < 1.29 is 69.2 Å². The van der Waals surface area contributed by atoms with Crippen molar-refractivity contribution in [3.63, 3.8) is 0 Å². The first kappa shape index (κ1) is 41.5. The highest BCUT2D eigenvalue weighted by Gasteiger charge is 2.46. The number of alkyl halides is 9. The molecule has 0 aliphatic carbocycles. The molecule has 50 heavy (non-hydrogen) atoms. The van der Waals surface area contributed by atoms with Crippen LogP contribution in [0.4, 0.5) is 39.5 Å². The van der Waals surface area contributed by atoms with Crippen LogP contribution in [0.1, 0.15) is 31.2 Å². The van der Waals surface area contributed by atoms with Crippen molar-refractivity contribution in [2.75, 3.05) is 26.2 Å². The van der Waals surface area contributed by atoms with Gasteiger partial charge in [0, 0.05) is 45.1 Å². The van der Waals surface area contributed by atoms with Crippen LogP contribution in [0.2, 0.25) is 0 Å². The molecule has 5 rings (SSSR count). The van der Waals surface area contributed by atoms with Gasteiger partial charge in [-0.25, -0.2) is 19.4 Å². The molecule has 1 aromatic carbocycles. The number of hydrogen-bond acceptors (Lipinski definition) is 7. The van der Waals surface area contributed by atoms with Crippen LogP contribution in [0.25, 0.3) is 11.3 Å². The fraction of sp³-hybridized carbons (Fsp3) is 0.433. The van der Waals surface area contributed by atoms with Gasteiger partial charge < -0.3 is 19.9 Å². The number of carboxylic acids is 3. The van der Waals surface area contributed by atoms with Gasteiger partial charge in [-0.1, -0.05) is 43.3 Å². The Morgan fingerprint density at radius 2 is 1.24 bits per heavy atom. The lowest BCUT2D eigenvalue weighted by Gasteiger charge is -2.50. The third-order valence-corrected chi connectivity index (χ3v) is 7.46. The number of halogens is 9. The number of carbonyl (C=O) groups is 3. The van der Waals surface area contributed by atoms with Crippen molar-refractivity contribution in [2.24, 2.45) is 0 Å². The van der Waals surface area contributed by atoms with Crippen LogP contribution >= 0.6 is 0 Å². The number of carboxylic acid groups (broad SMARTS) is 3. The van der Waals surface area contributed by atoms with Crippen molar-refractivity contribution >= 4 is 17.9 Å². The quantitative estimate of drug-likeness (QED) is 0.287. The number of hydrogen-bond donors (Lipinski definition) is 3. The Kier molecular flexibility index (Phi) is 14.3. The third kappa shape index (κ3) is 11.7. The van der Waals surface area contributed by atoms with E-state index < -0.39 is 36.4 Å². The monoisotopic (exact) mass is 729 g/mol. The SMILES string of the molecule is CCN1CCn2c(-c3ccccc3)cnc2C12CCN(Cc1cccnc1)CC2.O=C(O)C(F)(F)F.O=C(O)C(F)(F)F.O=C(O)C(F)(F)F. The lowest BCUT2D eigenvalue weighted by Crippen LogP contribution is -2.57. The van der Waals surface area contributed by atoms with Crippen LogP contribution in [0.5, 0.6) is 0 Å². The molecule has 2 aliphatic rings. The summed E-state index contributed by atoms with van der Waals surface area (Å²) in [6, 6.07) is 14.9. The highest BCUT2D eigenvalue weighted by Crippen LogP contribution is 2.42. The molecule has 2 aliphatic heterocycles. The molecule has 0 saturated carbocycles. The number of aromatic nitrogens is 3. The van der Waals surface area contributed by atoms with Gasteiger partial charge in [-0.3, -0.25) is 14.8 Å². The zero-order chi connectivity index (χ0) is 37.9. The summed E-state index contributed by atoms with van der Waals surface area (Å²) >= 11 is 0. The number of pyridine rings is 1. The number of benzene rings is 1. The van der Waals surface area contributed by atoms with E-state index in [1.807, 2.05) is 18.5 Å². The number of fused-ring (bicyclic) bond motifs is 2. The van der Waals surface area contributed by atoms with E-state index in [-0.39, 0.29) is 5.54 Å². The maximum atomic E-state index is 10.6. The molecule has 1 spiro atoms. The van der Waals surface area contributed by atoms with E-state index in [1.165, 1.54) is 22.6 Å². The zero-order valence-electron chi connectivity index (χ0n) is 26.1. The van der Waals surface area contributed by atoms with Crippen LogP contribution < -0.4 is 0 Å². The lowest BCUT2D eigenvalue weighted by atomic mass is 9.83. The third-order valence-electron chi connectivity index (χ3n) is 7.46. The zero-order valence-corrected chi connectivity index (χ0v) is 26.1. The van der Waals surface area contributed by atoms with Gasteiger partial charge in [0.25, 0.3) is 0 Å². The van der Waals surface area contributed by atoms with Gasteiger partial charge in [-0.2, -0.15) is 39.5 Å². The van der Waals surface area contributed by atoms with Crippen LogP contribution in [-0.2, 0) is 33.0 Å². The maximum absolute atomic E-state index is 10.6. The molecule has 0 unspecified atom stereocenters. The Bertz CT molecular complexity index is 1480. The molecule has 1 saturated heterocycles. The molecule has 0 bridgehead atoms. The highest BCUT2D eigenvalue weighted by atomic mass is 19.4. The normalized spacial score (nSPS) is 16.0. The molecule has 20 heteroatoms. The number of likely N-dealkylation sites (N-methyl/N-ethyl adjacent to an activating group) is 1. The van der Waals surface area contributed by atoms with Gasteiger partial charge in [-0.05, 0) is 36.6 Å². The van der Waals surface area contributed by atoms with Crippen molar-refractivity contribution in [3.8, 4) is 11.3 Å². The topological polar surface area (TPSA) is 149 Å². The largest absolute Gasteiger partial charge is 0.490 e. The van der Waals surface area contributed by atoms with Gasteiger partial charge in [-0.15, -0.1) is 0 Å². The van der Waals surface area contributed by atoms with E-state index in [0.717, 1.165) is 52.1 Å².